The van der Waals surface area contributed by atoms with Gasteiger partial charge in [0.05, 0.1) is 6.04 Å². The van der Waals surface area contributed by atoms with Crippen LogP contribution in [-0.2, 0) is 11.2 Å². The number of amides is 1. The Morgan fingerprint density at radius 3 is 3.12 bits per heavy atom. The molecule has 4 heteroatoms. The van der Waals surface area contributed by atoms with E-state index in [1.807, 2.05) is 0 Å². The average molecular weight is 242 g/mol. The molecule has 1 N–H and O–H groups in total. The summed E-state index contributed by atoms with van der Waals surface area (Å²) in [5.41, 5.74) is 2.01. The molecule has 0 aromatic heterocycles. The number of hydrogen-bond acceptors (Lipinski definition) is 1. The fourth-order valence-electron chi connectivity index (χ4n) is 2.15. The van der Waals surface area contributed by atoms with Gasteiger partial charge in [-0.3, -0.25) is 4.79 Å². The van der Waals surface area contributed by atoms with E-state index >= 15 is 0 Å². The van der Waals surface area contributed by atoms with Gasteiger partial charge in [-0.1, -0.05) is 6.07 Å². The van der Waals surface area contributed by atoms with E-state index < -0.39 is 0 Å². The van der Waals surface area contributed by atoms with E-state index in [2.05, 4.69) is 5.32 Å². The lowest BCUT2D eigenvalue weighted by atomic mass is 9.87. The van der Waals surface area contributed by atoms with Crippen LogP contribution in [0.4, 0.5) is 4.39 Å². The van der Waals surface area contributed by atoms with Crippen LogP contribution in [0.1, 0.15) is 30.0 Å². The van der Waals surface area contributed by atoms with Gasteiger partial charge in [0, 0.05) is 0 Å². The second-order valence-corrected chi connectivity index (χ2v) is 4.26. The highest BCUT2D eigenvalue weighted by atomic mass is 35.5. The number of nitrogens with one attached hydrogen (secondary N) is 1. The van der Waals surface area contributed by atoms with Crippen LogP contribution in [0, 0.1) is 5.82 Å². The zero-order valence-electron chi connectivity index (χ0n) is 8.80. The molecule has 1 aromatic rings. The van der Waals surface area contributed by atoms with E-state index in [0.717, 1.165) is 30.4 Å². The lowest BCUT2D eigenvalue weighted by molar-refractivity contribution is -0.119. The smallest absolute Gasteiger partial charge is 0.235 e. The summed E-state index contributed by atoms with van der Waals surface area (Å²) >= 11 is 5.44. The number of rotatable bonds is 2. The van der Waals surface area contributed by atoms with Gasteiger partial charge in [0.25, 0.3) is 0 Å². The minimum atomic E-state index is -0.259. The third kappa shape index (κ3) is 2.35. The van der Waals surface area contributed by atoms with Crippen molar-refractivity contribution in [1.29, 1.82) is 0 Å². The number of carbonyl (C=O) groups excluding carboxylic acids is 1. The molecule has 0 aliphatic heterocycles. The summed E-state index contributed by atoms with van der Waals surface area (Å²) in [5, 5.41) is 2.81. The summed E-state index contributed by atoms with van der Waals surface area (Å²) in [5.74, 6) is -0.518. The van der Waals surface area contributed by atoms with Gasteiger partial charge in [-0.25, -0.2) is 4.39 Å². The molecule has 0 fully saturated rings. The average Bonchev–Trinajstić information content (AvgIpc) is 2.29. The number of benzene rings is 1. The number of halogens is 2. The largest absolute Gasteiger partial charge is 0.348 e. The second kappa shape index (κ2) is 4.83. The van der Waals surface area contributed by atoms with E-state index in [1.54, 1.807) is 6.07 Å². The maximum atomic E-state index is 13.1. The van der Waals surface area contributed by atoms with Gasteiger partial charge in [-0.2, -0.15) is 0 Å². The topological polar surface area (TPSA) is 29.1 Å². The molecule has 1 atom stereocenters. The third-order valence-electron chi connectivity index (χ3n) is 2.88. The van der Waals surface area contributed by atoms with Gasteiger partial charge in [0.15, 0.2) is 0 Å². The van der Waals surface area contributed by atoms with Crippen LogP contribution in [0.2, 0.25) is 0 Å². The molecule has 1 aliphatic rings. The van der Waals surface area contributed by atoms with E-state index in [-0.39, 0.29) is 23.6 Å². The predicted molar refractivity (Wildman–Crippen MR) is 60.9 cm³/mol. The minimum Gasteiger partial charge on any atom is -0.348 e. The Balaban J connectivity index is 2.24. The molecule has 2 nitrogen and oxygen atoms in total. The first-order valence-electron chi connectivity index (χ1n) is 5.34. The summed E-state index contributed by atoms with van der Waals surface area (Å²) in [6.07, 6.45) is 2.80. The van der Waals surface area contributed by atoms with Crippen LogP contribution >= 0.6 is 11.6 Å². The highest BCUT2D eigenvalue weighted by molar-refractivity contribution is 6.27. The molecule has 16 heavy (non-hydrogen) atoms. The third-order valence-corrected chi connectivity index (χ3v) is 3.12. The Morgan fingerprint density at radius 1 is 1.56 bits per heavy atom. The molecular weight excluding hydrogens is 229 g/mol. The monoisotopic (exact) mass is 241 g/mol. The molecule has 0 unspecified atom stereocenters. The molecule has 0 saturated heterocycles. The number of aryl methyl sites for hydroxylation is 1. The van der Waals surface area contributed by atoms with Crippen LogP contribution in [0.25, 0.3) is 0 Å². The molecule has 1 aliphatic carbocycles. The van der Waals surface area contributed by atoms with Crippen molar-refractivity contribution < 1.29 is 9.18 Å². The van der Waals surface area contributed by atoms with Gasteiger partial charge in [-0.05, 0) is 42.5 Å². The maximum absolute atomic E-state index is 13.1. The van der Waals surface area contributed by atoms with Gasteiger partial charge in [0.1, 0.15) is 11.7 Å². The predicted octanol–water partition coefficient (Wildman–Crippen LogP) is 2.56. The Hall–Kier alpha value is -1.09. The van der Waals surface area contributed by atoms with Crippen molar-refractivity contribution in [2.75, 3.05) is 5.88 Å². The summed E-state index contributed by atoms with van der Waals surface area (Å²) in [6.45, 7) is 0. The van der Waals surface area contributed by atoms with Gasteiger partial charge in [-0.15, -0.1) is 11.6 Å². The number of carbonyl (C=O) groups is 1. The Labute approximate surface area is 98.8 Å². The second-order valence-electron chi connectivity index (χ2n) is 3.99. The van der Waals surface area contributed by atoms with Crippen LogP contribution in [0.3, 0.4) is 0 Å². The van der Waals surface area contributed by atoms with Gasteiger partial charge in [0.2, 0.25) is 5.91 Å². The SMILES string of the molecule is O=C(CCl)N[C@@H]1CCCc2ccc(F)cc21. The zero-order chi connectivity index (χ0) is 11.5. The Bertz CT molecular complexity index is 408. The van der Waals surface area contributed by atoms with Crippen LogP contribution in [0.15, 0.2) is 18.2 Å². The standard InChI is InChI=1S/C12H13ClFNO/c13-7-12(16)15-11-3-1-2-8-4-5-9(14)6-10(8)11/h4-6,11H,1-3,7H2,(H,15,16)/t11-/m1/s1. The summed E-state index contributed by atoms with van der Waals surface area (Å²) in [7, 11) is 0. The molecule has 86 valence electrons. The Kier molecular flexibility index (Phi) is 3.44. The van der Waals surface area contributed by atoms with E-state index in [4.69, 9.17) is 11.6 Å². The summed E-state index contributed by atoms with van der Waals surface area (Å²) in [6, 6.07) is 4.67. The van der Waals surface area contributed by atoms with Crippen LogP contribution < -0.4 is 5.32 Å². The Morgan fingerprint density at radius 2 is 2.38 bits per heavy atom. The van der Waals surface area contributed by atoms with Crippen molar-refractivity contribution in [2.24, 2.45) is 0 Å². The normalized spacial score (nSPS) is 19.0. The fraction of sp³-hybridized carbons (Fsp3) is 0.417. The molecular formula is C12H13ClFNO. The molecule has 2 rings (SSSR count). The molecule has 0 radical (unpaired) electrons. The zero-order valence-corrected chi connectivity index (χ0v) is 9.56. The highest BCUT2D eigenvalue weighted by Gasteiger charge is 2.21. The van der Waals surface area contributed by atoms with Crippen LogP contribution in [-0.4, -0.2) is 11.8 Å². The molecule has 0 saturated carbocycles. The van der Waals surface area contributed by atoms with Crippen molar-refractivity contribution in [1.82, 2.24) is 5.32 Å². The molecule has 0 heterocycles. The highest BCUT2D eigenvalue weighted by Crippen LogP contribution is 2.30. The maximum Gasteiger partial charge on any atom is 0.235 e. The van der Waals surface area contributed by atoms with E-state index in [9.17, 15) is 9.18 Å². The van der Waals surface area contributed by atoms with Crippen molar-refractivity contribution in [3.8, 4) is 0 Å². The van der Waals surface area contributed by atoms with E-state index in [1.165, 1.54) is 12.1 Å². The first kappa shape index (κ1) is 11.4. The van der Waals surface area contributed by atoms with E-state index in [0.29, 0.717) is 0 Å². The molecule has 0 bridgehead atoms. The number of hydrogen-bond donors (Lipinski definition) is 1. The number of fused-ring (bicyclic) bond motifs is 1. The fourth-order valence-corrected chi connectivity index (χ4v) is 2.23. The van der Waals surface area contributed by atoms with Crippen molar-refractivity contribution in [3.05, 3.63) is 35.1 Å². The lowest BCUT2D eigenvalue weighted by Crippen LogP contribution is -2.31. The quantitative estimate of drug-likeness (QED) is 0.793. The van der Waals surface area contributed by atoms with Gasteiger partial charge < -0.3 is 5.32 Å². The van der Waals surface area contributed by atoms with Crippen molar-refractivity contribution in [3.63, 3.8) is 0 Å². The van der Waals surface area contributed by atoms with Crippen molar-refractivity contribution >= 4 is 17.5 Å². The first-order valence-corrected chi connectivity index (χ1v) is 5.88. The van der Waals surface area contributed by atoms with Crippen molar-refractivity contribution in [2.45, 2.75) is 25.3 Å². The van der Waals surface area contributed by atoms with Crippen LogP contribution in [0.5, 0.6) is 0 Å². The number of alkyl halides is 1. The first-order chi connectivity index (χ1) is 7.70. The molecule has 0 spiro atoms. The summed E-state index contributed by atoms with van der Waals surface area (Å²) < 4.78 is 13.1. The molecule has 1 aromatic carbocycles. The molecule has 1 amide bonds. The minimum absolute atomic E-state index is 0.0544. The lowest BCUT2D eigenvalue weighted by Gasteiger charge is -2.26. The van der Waals surface area contributed by atoms with Gasteiger partial charge >= 0.3 is 0 Å². The summed E-state index contributed by atoms with van der Waals surface area (Å²) in [4.78, 5) is 11.2.